The summed E-state index contributed by atoms with van der Waals surface area (Å²) in [4.78, 5) is 24.3. The molecule has 58 valence electrons. The van der Waals surface area contributed by atoms with Crippen molar-refractivity contribution in [1.82, 2.24) is 10.4 Å². The SMILES string of the molecule is CON(C=O)CCNC=O. The maximum absolute atomic E-state index is 10.0. The average Bonchev–Trinajstić information content (AvgIpc) is 1.99. The van der Waals surface area contributed by atoms with Gasteiger partial charge in [-0.3, -0.25) is 14.4 Å². The van der Waals surface area contributed by atoms with E-state index in [-0.39, 0.29) is 0 Å². The predicted octanol–water partition coefficient (Wildman–Crippen LogP) is -1.25. The molecule has 0 aromatic heterocycles. The molecule has 0 aliphatic heterocycles. The van der Waals surface area contributed by atoms with Crippen molar-refractivity contribution < 1.29 is 14.4 Å². The topological polar surface area (TPSA) is 58.6 Å². The van der Waals surface area contributed by atoms with Crippen LogP contribution in [0.4, 0.5) is 0 Å². The molecule has 0 aromatic rings. The van der Waals surface area contributed by atoms with Crippen molar-refractivity contribution in [3.8, 4) is 0 Å². The molecule has 5 nitrogen and oxygen atoms in total. The zero-order valence-electron chi connectivity index (χ0n) is 5.74. The summed E-state index contributed by atoms with van der Waals surface area (Å²) < 4.78 is 0. The molecular formula is C5H10N2O3. The number of carbonyl (C=O) groups excluding carboxylic acids is 2. The van der Waals surface area contributed by atoms with Gasteiger partial charge >= 0.3 is 0 Å². The van der Waals surface area contributed by atoms with E-state index in [0.717, 1.165) is 5.06 Å². The Kier molecular flexibility index (Phi) is 5.36. The first-order valence-electron chi connectivity index (χ1n) is 2.78. The van der Waals surface area contributed by atoms with Gasteiger partial charge in [0.2, 0.25) is 12.8 Å². The molecule has 2 amide bonds. The first kappa shape index (κ1) is 8.90. The molecule has 0 aromatic carbocycles. The van der Waals surface area contributed by atoms with Gasteiger partial charge in [0.15, 0.2) is 0 Å². The maximum Gasteiger partial charge on any atom is 0.233 e. The number of rotatable bonds is 6. The van der Waals surface area contributed by atoms with Crippen LogP contribution in [-0.4, -0.2) is 38.1 Å². The number of hydroxylamine groups is 2. The highest BCUT2D eigenvalue weighted by Gasteiger charge is 1.95. The summed E-state index contributed by atoms with van der Waals surface area (Å²) in [7, 11) is 1.38. The van der Waals surface area contributed by atoms with E-state index in [2.05, 4.69) is 10.2 Å². The summed E-state index contributed by atoms with van der Waals surface area (Å²) in [6, 6.07) is 0. The monoisotopic (exact) mass is 146 g/mol. The predicted molar refractivity (Wildman–Crippen MR) is 33.8 cm³/mol. The molecule has 0 bridgehead atoms. The summed E-state index contributed by atoms with van der Waals surface area (Å²) in [6.45, 7) is 0.759. The summed E-state index contributed by atoms with van der Waals surface area (Å²) in [6.07, 6.45) is 1.12. The van der Waals surface area contributed by atoms with Crippen molar-refractivity contribution in [2.45, 2.75) is 0 Å². The normalized spacial score (nSPS) is 8.50. The Morgan fingerprint density at radius 3 is 2.70 bits per heavy atom. The lowest BCUT2D eigenvalue weighted by Gasteiger charge is -2.12. The van der Waals surface area contributed by atoms with Gasteiger partial charge in [-0.1, -0.05) is 0 Å². The minimum absolute atomic E-state index is 0.360. The minimum atomic E-state index is 0.360. The lowest BCUT2D eigenvalue weighted by atomic mass is 10.6. The maximum atomic E-state index is 10.0. The van der Waals surface area contributed by atoms with E-state index < -0.39 is 0 Å². The summed E-state index contributed by atoms with van der Waals surface area (Å²) in [5.74, 6) is 0. The average molecular weight is 146 g/mol. The quantitative estimate of drug-likeness (QED) is 0.289. The van der Waals surface area contributed by atoms with Gasteiger partial charge < -0.3 is 5.32 Å². The highest BCUT2D eigenvalue weighted by molar-refractivity contribution is 5.47. The van der Waals surface area contributed by atoms with Crippen molar-refractivity contribution in [3.05, 3.63) is 0 Å². The molecule has 10 heavy (non-hydrogen) atoms. The second kappa shape index (κ2) is 6.03. The number of hydrogen-bond acceptors (Lipinski definition) is 3. The molecule has 0 heterocycles. The number of nitrogens with one attached hydrogen (secondary N) is 1. The molecule has 0 aliphatic carbocycles. The van der Waals surface area contributed by atoms with Crippen LogP contribution in [0.25, 0.3) is 0 Å². The van der Waals surface area contributed by atoms with Gasteiger partial charge in [0.25, 0.3) is 0 Å². The van der Waals surface area contributed by atoms with E-state index in [0.29, 0.717) is 25.9 Å². The Bertz CT molecular complexity index is 107. The third kappa shape index (κ3) is 3.85. The Morgan fingerprint density at radius 1 is 1.60 bits per heavy atom. The Hall–Kier alpha value is -1.10. The molecule has 0 fully saturated rings. The van der Waals surface area contributed by atoms with Crippen LogP contribution < -0.4 is 5.32 Å². The molecule has 0 spiro atoms. The molecule has 0 rings (SSSR count). The first-order valence-corrected chi connectivity index (χ1v) is 2.78. The second-order valence-corrected chi connectivity index (χ2v) is 1.50. The summed E-state index contributed by atoms with van der Waals surface area (Å²) in [5.41, 5.74) is 0. The van der Waals surface area contributed by atoms with Gasteiger partial charge in [-0.25, -0.2) is 5.06 Å². The van der Waals surface area contributed by atoms with E-state index in [1.54, 1.807) is 0 Å². The van der Waals surface area contributed by atoms with E-state index in [9.17, 15) is 9.59 Å². The molecule has 0 saturated carbocycles. The number of amides is 2. The highest BCUT2D eigenvalue weighted by atomic mass is 16.7. The fraction of sp³-hybridized carbons (Fsp3) is 0.600. The molecule has 0 aliphatic rings. The van der Waals surface area contributed by atoms with Crippen LogP contribution in [0.1, 0.15) is 0 Å². The van der Waals surface area contributed by atoms with Gasteiger partial charge in [0.1, 0.15) is 0 Å². The van der Waals surface area contributed by atoms with Crippen molar-refractivity contribution in [2.24, 2.45) is 0 Å². The Labute approximate surface area is 58.9 Å². The van der Waals surface area contributed by atoms with Crippen molar-refractivity contribution in [2.75, 3.05) is 20.2 Å². The van der Waals surface area contributed by atoms with E-state index in [4.69, 9.17) is 0 Å². The van der Waals surface area contributed by atoms with Crippen molar-refractivity contribution in [3.63, 3.8) is 0 Å². The van der Waals surface area contributed by atoms with Crippen LogP contribution in [-0.2, 0) is 14.4 Å². The highest BCUT2D eigenvalue weighted by Crippen LogP contribution is 1.77. The number of hydrogen-bond donors (Lipinski definition) is 1. The van der Waals surface area contributed by atoms with Gasteiger partial charge in [0, 0.05) is 6.54 Å². The van der Waals surface area contributed by atoms with Gasteiger partial charge in [-0.2, -0.15) is 0 Å². The fourth-order valence-electron chi connectivity index (χ4n) is 0.421. The molecule has 0 radical (unpaired) electrons. The second-order valence-electron chi connectivity index (χ2n) is 1.50. The van der Waals surface area contributed by atoms with Crippen LogP contribution in [0.5, 0.6) is 0 Å². The third-order valence-corrected chi connectivity index (χ3v) is 0.912. The number of carbonyl (C=O) groups is 2. The lowest BCUT2D eigenvalue weighted by Crippen LogP contribution is -2.29. The largest absolute Gasteiger partial charge is 0.357 e. The molecule has 5 heteroatoms. The van der Waals surface area contributed by atoms with Gasteiger partial charge in [-0.15, -0.1) is 0 Å². The van der Waals surface area contributed by atoms with Gasteiger partial charge in [0.05, 0.1) is 13.7 Å². The fourth-order valence-corrected chi connectivity index (χ4v) is 0.421. The molecule has 0 saturated heterocycles. The zero-order chi connectivity index (χ0) is 7.82. The van der Waals surface area contributed by atoms with Crippen molar-refractivity contribution >= 4 is 12.8 Å². The smallest absolute Gasteiger partial charge is 0.233 e. The van der Waals surface area contributed by atoms with Crippen LogP contribution in [0.2, 0.25) is 0 Å². The molecule has 1 N–H and O–H groups in total. The molecular weight excluding hydrogens is 136 g/mol. The Morgan fingerprint density at radius 2 is 2.30 bits per heavy atom. The lowest BCUT2D eigenvalue weighted by molar-refractivity contribution is -0.160. The zero-order valence-corrected chi connectivity index (χ0v) is 5.74. The van der Waals surface area contributed by atoms with Crippen LogP contribution in [0.15, 0.2) is 0 Å². The standard InChI is InChI=1S/C5H10N2O3/c1-10-7(5-9)3-2-6-4-8/h4-5H,2-3H2,1H3,(H,6,8). The Balaban J connectivity index is 3.25. The summed E-state index contributed by atoms with van der Waals surface area (Å²) in [5, 5.41) is 3.47. The third-order valence-electron chi connectivity index (χ3n) is 0.912. The molecule has 0 atom stereocenters. The van der Waals surface area contributed by atoms with Crippen molar-refractivity contribution in [1.29, 1.82) is 0 Å². The first-order chi connectivity index (χ1) is 4.85. The van der Waals surface area contributed by atoms with Crippen LogP contribution >= 0.6 is 0 Å². The van der Waals surface area contributed by atoms with E-state index in [1.165, 1.54) is 7.11 Å². The van der Waals surface area contributed by atoms with Crippen LogP contribution in [0.3, 0.4) is 0 Å². The number of nitrogens with zero attached hydrogens (tertiary/aromatic N) is 1. The summed E-state index contributed by atoms with van der Waals surface area (Å²) >= 11 is 0. The van der Waals surface area contributed by atoms with Crippen LogP contribution in [0, 0.1) is 0 Å². The van der Waals surface area contributed by atoms with E-state index >= 15 is 0 Å². The minimum Gasteiger partial charge on any atom is -0.357 e. The van der Waals surface area contributed by atoms with Gasteiger partial charge in [-0.05, 0) is 0 Å². The molecule has 0 unspecified atom stereocenters. The van der Waals surface area contributed by atoms with E-state index in [1.807, 2.05) is 0 Å².